The van der Waals surface area contributed by atoms with Gasteiger partial charge >= 0.3 is 5.97 Å². The molecular weight excluding hydrogens is 302 g/mol. The van der Waals surface area contributed by atoms with E-state index in [4.69, 9.17) is 0 Å². The Morgan fingerprint density at radius 2 is 1.67 bits per heavy atom. The first kappa shape index (κ1) is 16.5. The summed E-state index contributed by atoms with van der Waals surface area (Å²) in [7, 11) is 0. The Bertz CT molecular complexity index is 771. The smallest absolute Gasteiger partial charge is 0.308 e. The standard InChI is InChI=1S/C20H23NO3/c1-10(2)16-13-8-9-14(16)18(20(23)24)17(13)19(22)21-15-7-5-6-11(3)12(15)4/h5-9,13-14,17-18H,1-4H3,(H,21,22)(H,23,24)/t13-,14-,17-,18+/m1/s1. The average Bonchev–Trinajstić information content (AvgIpc) is 3.07. The molecule has 2 aliphatic rings. The van der Waals surface area contributed by atoms with Gasteiger partial charge in [0.25, 0.3) is 0 Å². The topological polar surface area (TPSA) is 66.4 Å². The number of carbonyl (C=O) groups is 2. The van der Waals surface area contributed by atoms with Crippen molar-refractivity contribution in [2.75, 3.05) is 5.32 Å². The molecule has 0 heterocycles. The van der Waals surface area contributed by atoms with Crippen LogP contribution < -0.4 is 5.32 Å². The van der Waals surface area contributed by atoms with E-state index in [1.165, 1.54) is 0 Å². The van der Waals surface area contributed by atoms with Gasteiger partial charge in [0.2, 0.25) is 5.91 Å². The predicted molar refractivity (Wildman–Crippen MR) is 93.7 cm³/mol. The molecule has 4 nitrogen and oxygen atoms in total. The lowest BCUT2D eigenvalue weighted by molar-refractivity contribution is -0.146. The molecule has 1 amide bonds. The SMILES string of the molecule is CC(C)=C1[C@H]2C=C[C@H]1[C@@H](C(=O)Nc1cccc(C)c1C)[C@H]2C(=O)O. The van der Waals surface area contributed by atoms with E-state index in [-0.39, 0.29) is 17.7 Å². The number of nitrogens with one attached hydrogen (secondary N) is 1. The number of rotatable bonds is 3. The molecule has 2 bridgehead atoms. The van der Waals surface area contributed by atoms with Crippen LogP contribution in [0.15, 0.2) is 41.5 Å². The minimum atomic E-state index is -0.897. The van der Waals surface area contributed by atoms with Crippen molar-refractivity contribution in [3.8, 4) is 0 Å². The van der Waals surface area contributed by atoms with Crippen LogP contribution in [-0.4, -0.2) is 17.0 Å². The van der Waals surface area contributed by atoms with Gasteiger partial charge in [-0.2, -0.15) is 0 Å². The summed E-state index contributed by atoms with van der Waals surface area (Å²) in [5.41, 5.74) is 5.08. The fourth-order valence-electron chi connectivity index (χ4n) is 4.14. The second-order valence-corrected chi connectivity index (χ2v) is 7.02. The highest BCUT2D eigenvalue weighted by molar-refractivity contribution is 5.97. The summed E-state index contributed by atoms with van der Waals surface area (Å²) in [5.74, 6) is -2.60. The van der Waals surface area contributed by atoms with Crippen LogP contribution in [0, 0.1) is 37.5 Å². The largest absolute Gasteiger partial charge is 0.481 e. The van der Waals surface area contributed by atoms with Crippen LogP contribution >= 0.6 is 0 Å². The summed E-state index contributed by atoms with van der Waals surface area (Å²) < 4.78 is 0. The van der Waals surface area contributed by atoms with E-state index < -0.39 is 17.8 Å². The van der Waals surface area contributed by atoms with E-state index in [1.807, 2.05) is 58.0 Å². The molecule has 1 aromatic carbocycles. The molecule has 4 atom stereocenters. The minimum absolute atomic E-state index is 0.105. The number of amides is 1. The average molecular weight is 325 g/mol. The lowest BCUT2D eigenvalue weighted by atomic mass is 9.82. The Morgan fingerprint density at radius 3 is 2.25 bits per heavy atom. The first-order valence-electron chi connectivity index (χ1n) is 8.28. The number of benzene rings is 1. The van der Waals surface area contributed by atoms with Crippen molar-refractivity contribution in [3.63, 3.8) is 0 Å². The van der Waals surface area contributed by atoms with Crippen molar-refractivity contribution in [2.45, 2.75) is 27.7 Å². The van der Waals surface area contributed by atoms with Crippen LogP contribution in [0.25, 0.3) is 0 Å². The normalized spacial score (nSPS) is 27.4. The van der Waals surface area contributed by atoms with Gasteiger partial charge in [-0.15, -0.1) is 0 Å². The highest BCUT2D eigenvalue weighted by Crippen LogP contribution is 2.53. The van der Waals surface area contributed by atoms with Crippen LogP contribution in [0.1, 0.15) is 25.0 Å². The van der Waals surface area contributed by atoms with E-state index in [0.717, 1.165) is 28.0 Å². The second kappa shape index (κ2) is 5.93. The summed E-state index contributed by atoms with van der Waals surface area (Å²) in [6.07, 6.45) is 3.95. The fraction of sp³-hybridized carbons (Fsp3) is 0.400. The molecule has 1 aromatic rings. The van der Waals surface area contributed by atoms with Gasteiger partial charge in [0.05, 0.1) is 11.8 Å². The van der Waals surface area contributed by atoms with Gasteiger partial charge in [-0.3, -0.25) is 9.59 Å². The molecule has 24 heavy (non-hydrogen) atoms. The zero-order valence-electron chi connectivity index (χ0n) is 14.5. The number of allylic oxidation sites excluding steroid dienone is 4. The highest BCUT2D eigenvalue weighted by Gasteiger charge is 2.54. The molecule has 2 N–H and O–H groups in total. The third kappa shape index (κ3) is 2.46. The molecule has 0 aliphatic heterocycles. The third-order valence-electron chi connectivity index (χ3n) is 5.43. The van der Waals surface area contributed by atoms with Gasteiger partial charge in [0.1, 0.15) is 0 Å². The van der Waals surface area contributed by atoms with Crippen LogP contribution in [0.2, 0.25) is 0 Å². The summed E-state index contributed by atoms with van der Waals surface area (Å²) in [5, 5.41) is 12.6. The first-order chi connectivity index (χ1) is 11.3. The van der Waals surface area contributed by atoms with Crippen molar-refractivity contribution < 1.29 is 14.7 Å². The van der Waals surface area contributed by atoms with E-state index in [1.54, 1.807) is 0 Å². The molecule has 0 radical (unpaired) electrons. The van der Waals surface area contributed by atoms with Crippen molar-refractivity contribution in [1.82, 2.24) is 0 Å². The van der Waals surface area contributed by atoms with Crippen LogP contribution in [-0.2, 0) is 9.59 Å². The van der Waals surface area contributed by atoms with Crippen molar-refractivity contribution in [3.05, 3.63) is 52.6 Å². The zero-order chi connectivity index (χ0) is 17.6. The van der Waals surface area contributed by atoms with Gasteiger partial charge < -0.3 is 10.4 Å². The molecule has 1 fully saturated rings. The summed E-state index contributed by atoms with van der Waals surface area (Å²) >= 11 is 0. The molecule has 0 saturated heterocycles. The van der Waals surface area contributed by atoms with Crippen LogP contribution in [0.3, 0.4) is 0 Å². The minimum Gasteiger partial charge on any atom is -0.481 e. The maximum atomic E-state index is 12.9. The Labute approximate surface area is 142 Å². The number of aliphatic carboxylic acids is 1. The monoisotopic (exact) mass is 325 g/mol. The lowest BCUT2D eigenvalue weighted by Crippen LogP contribution is -2.36. The quantitative estimate of drug-likeness (QED) is 0.833. The molecular formula is C20H23NO3. The predicted octanol–water partition coefficient (Wildman–Crippen LogP) is 3.71. The molecule has 126 valence electrons. The Morgan fingerprint density at radius 1 is 1.04 bits per heavy atom. The van der Waals surface area contributed by atoms with E-state index in [0.29, 0.717) is 0 Å². The number of anilines is 1. The Hall–Kier alpha value is -2.36. The molecule has 2 aliphatic carbocycles. The number of carbonyl (C=O) groups excluding carboxylic acids is 1. The summed E-state index contributed by atoms with van der Waals surface area (Å²) in [6, 6.07) is 5.75. The van der Waals surface area contributed by atoms with Gasteiger partial charge in [0.15, 0.2) is 0 Å². The van der Waals surface area contributed by atoms with Crippen molar-refractivity contribution in [2.24, 2.45) is 23.7 Å². The third-order valence-corrected chi connectivity index (χ3v) is 5.43. The zero-order valence-corrected chi connectivity index (χ0v) is 14.5. The van der Waals surface area contributed by atoms with E-state index in [9.17, 15) is 14.7 Å². The summed E-state index contributed by atoms with van der Waals surface area (Å²) in [6.45, 7) is 7.94. The number of hydrogen-bond donors (Lipinski definition) is 2. The molecule has 4 heteroatoms. The van der Waals surface area contributed by atoms with E-state index >= 15 is 0 Å². The van der Waals surface area contributed by atoms with Gasteiger partial charge in [0, 0.05) is 17.5 Å². The second-order valence-electron chi connectivity index (χ2n) is 7.02. The summed E-state index contributed by atoms with van der Waals surface area (Å²) in [4.78, 5) is 24.7. The number of fused-ring (bicyclic) bond motifs is 2. The molecule has 0 unspecified atom stereocenters. The molecule has 0 spiro atoms. The first-order valence-corrected chi connectivity index (χ1v) is 8.28. The maximum absolute atomic E-state index is 12.9. The van der Waals surface area contributed by atoms with Crippen molar-refractivity contribution in [1.29, 1.82) is 0 Å². The van der Waals surface area contributed by atoms with E-state index in [2.05, 4.69) is 5.32 Å². The Kier molecular flexibility index (Phi) is 4.08. The van der Waals surface area contributed by atoms with Gasteiger partial charge in [-0.25, -0.2) is 0 Å². The number of aryl methyl sites for hydroxylation is 1. The highest BCUT2D eigenvalue weighted by atomic mass is 16.4. The fourth-order valence-corrected chi connectivity index (χ4v) is 4.14. The number of hydrogen-bond acceptors (Lipinski definition) is 2. The lowest BCUT2D eigenvalue weighted by Gasteiger charge is -2.24. The Balaban J connectivity index is 1.94. The molecule has 1 saturated carbocycles. The van der Waals surface area contributed by atoms with Gasteiger partial charge in [-0.05, 0) is 44.9 Å². The van der Waals surface area contributed by atoms with Crippen molar-refractivity contribution >= 4 is 17.6 Å². The van der Waals surface area contributed by atoms with Gasteiger partial charge in [-0.1, -0.05) is 35.4 Å². The number of carboxylic acids is 1. The van der Waals surface area contributed by atoms with Crippen LogP contribution in [0.4, 0.5) is 5.69 Å². The maximum Gasteiger partial charge on any atom is 0.308 e. The number of carboxylic acid groups (broad SMARTS) is 1. The van der Waals surface area contributed by atoms with Crippen LogP contribution in [0.5, 0.6) is 0 Å². The molecule has 3 rings (SSSR count). The molecule has 0 aromatic heterocycles.